The van der Waals surface area contributed by atoms with Crippen LogP contribution >= 0.6 is 12.4 Å². The molecule has 3 rings (SSSR count). The molecular weight excluding hydrogens is 358 g/mol. The number of halogens is 3. The summed E-state index contributed by atoms with van der Waals surface area (Å²) in [7, 11) is 0. The molecule has 2 aromatic rings. The maximum Gasteiger partial charge on any atom is 0.253 e. The van der Waals surface area contributed by atoms with Crippen LogP contribution in [0.4, 0.5) is 8.78 Å². The maximum atomic E-state index is 13.3. The summed E-state index contributed by atoms with van der Waals surface area (Å²) in [5.74, 6) is -0.883. The zero-order valence-corrected chi connectivity index (χ0v) is 15.3. The SMILES string of the molecule is Cl.NCCc1ccc(C(=O)N2CCC(Cc3cc(F)cc(F)c3)C2)cc1. The molecule has 1 fully saturated rings. The second-order valence-electron chi connectivity index (χ2n) is 6.62. The number of nitrogens with zero attached hydrogens (tertiary/aromatic N) is 1. The van der Waals surface area contributed by atoms with Crippen molar-refractivity contribution in [2.24, 2.45) is 11.7 Å². The van der Waals surface area contributed by atoms with Crippen LogP contribution in [0.25, 0.3) is 0 Å². The van der Waals surface area contributed by atoms with E-state index in [2.05, 4.69) is 0 Å². The Bertz CT molecular complexity index is 732. The number of hydrogen-bond acceptors (Lipinski definition) is 2. The zero-order valence-electron chi connectivity index (χ0n) is 14.5. The average Bonchev–Trinajstić information content (AvgIpc) is 3.02. The minimum atomic E-state index is -0.557. The smallest absolute Gasteiger partial charge is 0.253 e. The molecule has 1 saturated heterocycles. The normalized spacial score (nSPS) is 16.4. The predicted molar refractivity (Wildman–Crippen MR) is 101 cm³/mol. The highest BCUT2D eigenvalue weighted by Crippen LogP contribution is 2.23. The Hall–Kier alpha value is -1.98. The van der Waals surface area contributed by atoms with Gasteiger partial charge in [-0.1, -0.05) is 12.1 Å². The summed E-state index contributed by atoms with van der Waals surface area (Å²) in [5.41, 5.74) is 7.96. The maximum absolute atomic E-state index is 13.3. The first-order valence-corrected chi connectivity index (χ1v) is 8.58. The van der Waals surface area contributed by atoms with Crippen LogP contribution in [0, 0.1) is 17.6 Å². The van der Waals surface area contributed by atoms with Crippen LogP contribution in [0.3, 0.4) is 0 Å². The highest BCUT2D eigenvalue weighted by Gasteiger charge is 2.27. The molecule has 1 unspecified atom stereocenters. The molecule has 0 aliphatic carbocycles. The summed E-state index contributed by atoms with van der Waals surface area (Å²) in [6.45, 7) is 1.87. The van der Waals surface area contributed by atoms with Gasteiger partial charge in [-0.05, 0) is 67.1 Å². The molecule has 0 spiro atoms. The lowest BCUT2D eigenvalue weighted by Gasteiger charge is -2.17. The monoisotopic (exact) mass is 380 g/mol. The highest BCUT2D eigenvalue weighted by molar-refractivity contribution is 5.94. The van der Waals surface area contributed by atoms with Crippen LogP contribution in [0.1, 0.15) is 27.9 Å². The molecule has 140 valence electrons. The summed E-state index contributed by atoms with van der Waals surface area (Å²) >= 11 is 0. The second-order valence-corrected chi connectivity index (χ2v) is 6.62. The number of carbonyl (C=O) groups excluding carboxylic acids is 1. The van der Waals surface area contributed by atoms with Crippen molar-refractivity contribution in [3.05, 3.63) is 70.8 Å². The van der Waals surface area contributed by atoms with E-state index in [-0.39, 0.29) is 24.2 Å². The van der Waals surface area contributed by atoms with Gasteiger partial charge >= 0.3 is 0 Å². The lowest BCUT2D eigenvalue weighted by atomic mass is 9.98. The van der Waals surface area contributed by atoms with Crippen molar-refractivity contribution in [1.29, 1.82) is 0 Å². The molecule has 1 aliphatic heterocycles. The third-order valence-electron chi connectivity index (χ3n) is 4.65. The van der Waals surface area contributed by atoms with E-state index in [4.69, 9.17) is 5.73 Å². The van der Waals surface area contributed by atoms with E-state index < -0.39 is 11.6 Å². The third kappa shape index (κ3) is 5.02. The molecule has 0 bridgehead atoms. The van der Waals surface area contributed by atoms with Gasteiger partial charge in [0.2, 0.25) is 0 Å². The van der Waals surface area contributed by atoms with Crippen molar-refractivity contribution in [3.63, 3.8) is 0 Å². The van der Waals surface area contributed by atoms with Crippen molar-refractivity contribution < 1.29 is 13.6 Å². The molecule has 2 N–H and O–H groups in total. The van der Waals surface area contributed by atoms with Crippen LogP contribution in [0.15, 0.2) is 42.5 Å². The largest absolute Gasteiger partial charge is 0.338 e. The minimum absolute atomic E-state index is 0. The predicted octanol–water partition coefficient (Wildman–Crippen LogP) is 3.59. The number of benzene rings is 2. The van der Waals surface area contributed by atoms with Gasteiger partial charge in [-0.3, -0.25) is 4.79 Å². The molecule has 6 heteroatoms. The number of carbonyl (C=O) groups is 1. The Morgan fingerprint density at radius 1 is 1.08 bits per heavy atom. The summed E-state index contributed by atoms with van der Waals surface area (Å²) in [4.78, 5) is 14.4. The molecular formula is C20H23ClF2N2O. The topological polar surface area (TPSA) is 46.3 Å². The van der Waals surface area contributed by atoms with Gasteiger partial charge in [0.1, 0.15) is 11.6 Å². The van der Waals surface area contributed by atoms with Crippen LogP contribution < -0.4 is 5.73 Å². The van der Waals surface area contributed by atoms with Crippen LogP contribution in [0.5, 0.6) is 0 Å². The first-order valence-electron chi connectivity index (χ1n) is 8.58. The van der Waals surface area contributed by atoms with Gasteiger partial charge in [0.15, 0.2) is 0 Å². The Labute approximate surface area is 158 Å². The molecule has 1 amide bonds. The number of hydrogen-bond donors (Lipinski definition) is 1. The van der Waals surface area contributed by atoms with Gasteiger partial charge in [0.05, 0.1) is 0 Å². The minimum Gasteiger partial charge on any atom is -0.338 e. The van der Waals surface area contributed by atoms with E-state index in [1.54, 1.807) is 0 Å². The van der Waals surface area contributed by atoms with Gasteiger partial charge < -0.3 is 10.6 Å². The van der Waals surface area contributed by atoms with Gasteiger partial charge in [0, 0.05) is 24.7 Å². The first-order chi connectivity index (χ1) is 12.0. The fraction of sp³-hybridized carbons (Fsp3) is 0.350. The molecule has 0 radical (unpaired) electrons. The van der Waals surface area contributed by atoms with Crippen molar-refractivity contribution in [2.75, 3.05) is 19.6 Å². The van der Waals surface area contributed by atoms with Gasteiger partial charge in [-0.15, -0.1) is 12.4 Å². The van der Waals surface area contributed by atoms with Crippen LogP contribution in [-0.4, -0.2) is 30.4 Å². The standard InChI is InChI=1S/C20H22F2N2O.ClH/c21-18-10-16(11-19(22)12-18)9-15-6-8-24(13-15)20(25)17-3-1-14(2-4-17)5-7-23;/h1-4,10-12,15H,5-9,13,23H2;1H. The Balaban J connectivity index is 0.00000243. The van der Waals surface area contributed by atoms with E-state index in [9.17, 15) is 13.6 Å². The quantitative estimate of drug-likeness (QED) is 0.861. The summed E-state index contributed by atoms with van der Waals surface area (Å²) in [6.07, 6.45) is 2.22. The van der Waals surface area contributed by atoms with E-state index in [1.807, 2.05) is 29.2 Å². The van der Waals surface area contributed by atoms with Crippen LogP contribution in [-0.2, 0) is 12.8 Å². The molecule has 3 nitrogen and oxygen atoms in total. The fourth-order valence-electron chi connectivity index (χ4n) is 3.41. The van der Waals surface area contributed by atoms with Crippen molar-refractivity contribution >= 4 is 18.3 Å². The lowest BCUT2D eigenvalue weighted by molar-refractivity contribution is 0.0787. The van der Waals surface area contributed by atoms with E-state index in [1.165, 1.54) is 12.1 Å². The van der Waals surface area contributed by atoms with E-state index in [0.717, 1.165) is 24.5 Å². The summed E-state index contributed by atoms with van der Waals surface area (Å²) in [5, 5.41) is 0. The van der Waals surface area contributed by atoms with E-state index >= 15 is 0 Å². The van der Waals surface area contributed by atoms with Crippen LogP contribution in [0.2, 0.25) is 0 Å². The zero-order chi connectivity index (χ0) is 17.8. The number of rotatable bonds is 5. The van der Waals surface area contributed by atoms with Crippen molar-refractivity contribution in [1.82, 2.24) is 4.90 Å². The summed E-state index contributed by atoms with van der Waals surface area (Å²) in [6, 6.07) is 11.1. The number of amides is 1. The summed E-state index contributed by atoms with van der Waals surface area (Å²) < 4.78 is 26.6. The lowest BCUT2D eigenvalue weighted by Crippen LogP contribution is -2.29. The first kappa shape index (κ1) is 20.3. The Kier molecular flexibility index (Phi) is 7.12. The molecule has 26 heavy (non-hydrogen) atoms. The molecule has 1 heterocycles. The average molecular weight is 381 g/mol. The van der Waals surface area contributed by atoms with Gasteiger partial charge in [0.25, 0.3) is 5.91 Å². The Morgan fingerprint density at radius 2 is 1.73 bits per heavy atom. The molecule has 1 atom stereocenters. The molecule has 2 aromatic carbocycles. The van der Waals surface area contributed by atoms with Crippen molar-refractivity contribution in [2.45, 2.75) is 19.3 Å². The highest BCUT2D eigenvalue weighted by atomic mass is 35.5. The number of nitrogens with two attached hydrogens (primary N) is 1. The van der Waals surface area contributed by atoms with Gasteiger partial charge in [-0.25, -0.2) is 8.78 Å². The third-order valence-corrected chi connectivity index (χ3v) is 4.65. The van der Waals surface area contributed by atoms with E-state index in [0.29, 0.717) is 37.2 Å². The fourth-order valence-corrected chi connectivity index (χ4v) is 3.41. The molecule has 1 aliphatic rings. The van der Waals surface area contributed by atoms with Crippen molar-refractivity contribution in [3.8, 4) is 0 Å². The molecule has 0 aromatic heterocycles. The number of likely N-dealkylation sites (tertiary alicyclic amines) is 1. The van der Waals surface area contributed by atoms with Gasteiger partial charge in [-0.2, -0.15) is 0 Å². The second kappa shape index (κ2) is 9.10. The molecule has 0 saturated carbocycles. The Morgan fingerprint density at radius 3 is 2.35 bits per heavy atom.